The third-order valence-corrected chi connectivity index (χ3v) is 3.26. The Morgan fingerprint density at radius 1 is 1.05 bits per heavy atom. The number of nitrogens with zero attached hydrogens (tertiary/aromatic N) is 2. The Morgan fingerprint density at radius 3 is 2.62 bits per heavy atom. The summed E-state index contributed by atoms with van der Waals surface area (Å²) in [7, 11) is 0. The van der Waals surface area contributed by atoms with Crippen LogP contribution in [0.4, 0.5) is 13.2 Å². The summed E-state index contributed by atoms with van der Waals surface area (Å²) in [6, 6.07) is 8.77. The van der Waals surface area contributed by atoms with Crippen LogP contribution in [-0.4, -0.2) is 11.2 Å². The maximum atomic E-state index is 12.7. The molecule has 0 saturated heterocycles. The lowest BCUT2D eigenvalue weighted by Gasteiger charge is -2.08. The Hall–Kier alpha value is -2.43. The molecule has 1 aliphatic rings. The van der Waals surface area contributed by atoms with Crippen molar-refractivity contribution in [3.63, 3.8) is 0 Å². The average molecular weight is 288 g/mol. The van der Waals surface area contributed by atoms with Crippen molar-refractivity contribution in [3.8, 4) is 0 Å². The summed E-state index contributed by atoms with van der Waals surface area (Å²) in [6.07, 6.45) is 2.47. The van der Waals surface area contributed by atoms with Gasteiger partial charge in [0.2, 0.25) is 0 Å². The maximum Gasteiger partial charge on any atom is 0.416 e. The first-order valence-electron chi connectivity index (χ1n) is 6.36. The van der Waals surface area contributed by atoms with E-state index in [9.17, 15) is 13.2 Å². The summed E-state index contributed by atoms with van der Waals surface area (Å²) in [6.45, 7) is 0. The van der Waals surface area contributed by atoms with E-state index in [0.717, 1.165) is 17.7 Å². The minimum absolute atomic E-state index is 0.191. The molecule has 0 spiro atoms. The van der Waals surface area contributed by atoms with Gasteiger partial charge < -0.3 is 0 Å². The van der Waals surface area contributed by atoms with Crippen molar-refractivity contribution in [2.24, 2.45) is 4.99 Å². The minimum atomic E-state index is -4.34. The number of benzene rings is 1. The molecular weight excluding hydrogens is 277 g/mol. The number of hydrogen-bond acceptors (Lipinski definition) is 2. The second kappa shape index (κ2) is 5.16. The molecule has 0 bridgehead atoms. The van der Waals surface area contributed by atoms with Crippen molar-refractivity contribution < 1.29 is 13.2 Å². The van der Waals surface area contributed by atoms with E-state index in [-0.39, 0.29) is 6.04 Å². The van der Waals surface area contributed by atoms with Crippen molar-refractivity contribution >= 4 is 11.8 Å². The number of aromatic nitrogens is 1. The van der Waals surface area contributed by atoms with E-state index in [4.69, 9.17) is 0 Å². The van der Waals surface area contributed by atoms with Crippen LogP contribution in [0.1, 0.15) is 22.7 Å². The summed E-state index contributed by atoms with van der Waals surface area (Å²) < 4.78 is 38.2. The van der Waals surface area contributed by atoms with Crippen molar-refractivity contribution in [1.82, 2.24) is 4.98 Å². The first-order chi connectivity index (χ1) is 10.0. The molecule has 3 rings (SSSR count). The van der Waals surface area contributed by atoms with Crippen LogP contribution >= 0.6 is 0 Å². The van der Waals surface area contributed by atoms with Gasteiger partial charge in [0.05, 0.1) is 11.6 Å². The van der Waals surface area contributed by atoms with Crippen LogP contribution in [0.2, 0.25) is 0 Å². The molecule has 21 heavy (non-hydrogen) atoms. The number of pyridine rings is 1. The molecule has 2 aromatic rings. The van der Waals surface area contributed by atoms with Gasteiger partial charge in [0.25, 0.3) is 0 Å². The molecule has 2 heterocycles. The molecule has 1 aromatic carbocycles. The van der Waals surface area contributed by atoms with Crippen LogP contribution in [0.3, 0.4) is 0 Å². The first kappa shape index (κ1) is 13.5. The molecule has 1 atom stereocenters. The third kappa shape index (κ3) is 2.86. The van der Waals surface area contributed by atoms with Crippen LogP contribution in [0.15, 0.2) is 59.9 Å². The third-order valence-electron chi connectivity index (χ3n) is 3.26. The highest BCUT2D eigenvalue weighted by atomic mass is 19.4. The average Bonchev–Trinajstić information content (AvgIpc) is 2.97. The highest BCUT2D eigenvalue weighted by molar-refractivity contribution is 6.11. The fraction of sp³-hybridized carbons (Fsp3) is 0.125. The largest absolute Gasteiger partial charge is 0.416 e. The zero-order valence-corrected chi connectivity index (χ0v) is 10.9. The second-order valence-electron chi connectivity index (χ2n) is 4.71. The monoisotopic (exact) mass is 288 g/mol. The van der Waals surface area contributed by atoms with Crippen LogP contribution in [0.25, 0.3) is 5.57 Å². The van der Waals surface area contributed by atoms with E-state index in [2.05, 4.69) is 9.98 Å². The molecule has 2 nitrogen and oxygen atoms in total. The van der Waals surface area contributed by atoms with Crippen LogP contribution in [-0.2, 0) is 6.18 Å². The van der Waals surface area contributed by atoms with Gasteiger partial charge in [-0.2, -0.15) is 13.2 Å². The fourth-order valence-corrected chi connectivity index (χ4v) is 2.20. The topological polar surface area (TPSA) is 25.2 Å². The highest BCUT2D eigenvalue weighted by Crippen LogP contribution is 2.33. The van der Waals surface area contributed by atoms with Crippen molar-refractivity contribution in [3.05, 3.63) is 71.6 Å². The summed E-state index contributed by atoms with van der Waals surface area (Å²) in [5.74, 6) is 0. The molecule has 0 fully saturated rings. The van der Waals surface area contributed by atoms with Crippen molar-refractivity contribution in [2.45, 2.75) is 12.2 Å². The number of rotatable bonds is 2. The first-order valence-corrected chi connectivity index (χ1v) is 6.36. The molecule has 1 aliphatic heterocycles. The lowest BCUT2D eigenvalue weighted by Crippen LogP contribution is -2.05. The quantitative estimate of drug-likeness (QED) is 0.808. The lowest BCUT2D eigenvalue weighted by atomic mass is 10.0. The van der Waals surface area contributed by atoms with Gasteiger partial charge >= 0.3 is 6.18 Å². The molecule has 1 aromatic heterocycles. The Bertz CT molecular complexity index is 703. The zero-order chi connectivity index (χ0) is 14.9. The van der Waals surface area contributed by atoms with E-state index < -0.39 is 11.7 Å². The van der Waals surface area contributed by atoms with Gasteiger partial charge in [-0.05, 0) is 41.0 Å². The molecule has 1 unspecified atom stereocenters. The van der Waals surface area contributed by atoms with Crippen LogP contribution in [0, 0.1) is 0 Å². The molecular formula is C16H11F3N2. The van der Waals surface area contributed by atoms with Gasteiger partial charge in [0.15, 0.2) is 0 Å². The number of halogens is 3. The van der Waals surface area contributed by atoms with E-state index >= 15 is 0 Å². The van der Waals surface area contributed by atoms with E-state index in [1.807, 2.05) is 12.1 Å². The smallest absolute Gasteiger partial charge is 0.280 e. The molecule has 5 heteroatoms. The van der Waals surface area contributed by atoms with E-state index in [1.165, 1.54) is 6.07 Å². The van der Waals surface area contributed by atoms with Crippen molar-refractivity contribution in [1.29, 1.82) is 0 Å². The molecule has 106 valence electrons. The summed E-state index contributed by atoms with van der Waals surface area (Å²) in [5.41, 5.74) is 1.46. The molecule has 0 aliphatic carbocycles. The SMILES string of the molecule is FC(F)(F)c1cccc(C2=CC(c3cccnc3)N=C2)c1. The van der Waals surface area contributed by atoms with E-state index in [0.29, 0.717) is 11.1 Å². The van der Waals surface area contributed by atoms with Gasteiger partial charge in [0.1, 0.15) is 0 Å². The zero-order valence-electron chi connectivity index (χ0n) is 10.9. The van der Waals surface area contributed by atoms with Gasteiger partial charge in [-0.1, -0.05) is 18.2 Å². The number of allylic oxidation sites excluding steroid dienone is 1. The second-order valence-corrected chi connectivity index (χ2v) is 4.71. The van der Waals surface area contributed by atoms with Gasteiger partial charge in [0, 0.05) is 18.6 Å². The summed E-state index contributed by atoms with van der Waals surface area (Å²) in [5, 5.41) is 0. The number of aliphatic imine (C=N–C) groups is 1. The van der Waals surface area contributed by atoms with Crippen LogP contribution in [0.5, 0.6) is 0 Å². The Kier molecular flexibility index (Phi) is 3.33. The number of alkyl halides is 3. The summed E-state index contributed by atoms with van der Waals surface area (Å²) >= 11 is 0. The van der Waals surface area contributed by atoms with Crippen LogP contribution < -0.4 is 0 Å². The molecule has 0 N–H and O–H groups in total. The molecule has 0 saturated carbocycles. The Balaban J connectivity index is 1.91. The highest BCUT2D eigenvalue weighted by Gasteiger charge is 2.30. The van der Waals surface area contributed by atoms with Crippen molar-refractivity contribution in [2.75, 3.05) is 0 Å². The maximum absolute atomic E-state index is 12.7. The Labute approximate surface area is 119 Å². The predicted octanol–water partition coefficient (Wildman–Crippen LogP) is 4.31. The van der Waals surface area contributed by atoms with Gasteiger partial charge in [-0.15, -0.1) is 0 Å². The van der Waals surface area contributed by atoms with Gasteiger partial charge in [-0.25, -0.2) is 0 Å². The lowest BCUT2D eigenvalue weighted by molar-refractivity contribution is -0.137. The standard InChI is InChI=1S/C16H11F3N2/c17-16(18,19)14-5-1-3-11(7-14)13-8-15(21-10-13)12-4-2-6-20-9-12/h1-10,15H. The Morgan fingerprint density at radius 2 is 1.90 bits per heavy atom. The molecule has 0 amide bonds. The van der Waals surface area contributed by atoms with E-state index in [1.54, 1.807) is 30.7 Å². The molecule has 0 radical (unpaired) electrons. The number of hydrogen-bond donors (Lipinski definition) is 0. The normalized spacial score (nSPS) is 17.9. The minimum Gasteiger partial charge on any atom is -0.280 e. The fourth-order valence-electron chi connectivity index (χ4n) is 2.20. The van der Waals surface area contributed by atoms with Gasteiger partial charge in [-0.3, -0.25) is 9.98 Å². The summed E-state index contributed by atoms with van der Waals surface area (Å²) in [4.78, 5) is 8.34. The predicted molar refractivity (Wildman–Crippen MR) is 74.9 cm³/mol.